The van der Waals surface area contributed by atoms with Crippen LogP contribution in [0, 0.1) is 0 Å². The van der Waals surface area contributed by atoms with Gasteiger partial charge in [-0.05, 0) is 30.2 Å². The number of carbonyl (C=O) groups excluding carboxylic acids is 1. The molecule has 6 nitrogen and oxygen atoms in total. The van der Waals surface area contributed by atoms with E-state index in [0.717, 1.165) is 23.4 Å². The highest BCUT2D eigenvalue weighted by atomic mass is 16.5. The zero-order chi connectivity index (χ0) is 13.1. The fourth-order valence-corrected chi connectivity index (χ4v) is 2.05. The quantitative estimate of drug-likeness (QED) is 0.895. The maximum atomic E-state index is 11.3. The lowest BCUT2D eigenvalue weighted by Gasteiger charge is -2.17. The second kappa shape index (κ2) is 5.09. The number of fused-ring (bicyclic) bond motifs is 1. The lowest BCUT2D eigenvalue weighted by atomic mass is 10.0. The monoisotopic (exact) mass is 258 g/mol. The Morgan fingerprint density at radius 2 is 2.32 bits per heavy atom. The molecule has 2 aromatic rings. The van der Waals surface area contributed by atoms with E-state index in [0.29, 0.717) is 19.6 Å². The van der Waals surface area contributed by atoms with Gasteiger partial charge in [0.1, 0.15) is 25.0 Å². The third-order valence-corrected chi connectivity index (χ3v) is 3.03. The van der Waals surface area contributed by atoms with Crippen molar-refractivity contribution in [2.24, 2.45) is 0 Å². The molecule has 98 valence electrons. The maximum Gasteiger partial charge on any atom is 0.224 e. The Kier molecular flexibility index (Phi) is 3.14. The average molecular weight is 258 g/mol. The van der Waals surface area contributed by atoms with Gasteiger partial charge in [-0.2, -0.15) is 5.10 Å². The van der Waals surface area contributed by atoms with Crippen LogP contribution in [-0.2, 0) is 17.8 Å². The van der Waals surface area contributed by atoms with Crippen molar-refractivity contribution in [3.8, 4) is 5.75 Å². The number of rotatable bonds is 4. The van der Waals surface area contributed by atoms with Crippen molar-refractivity contribution in [3.63, 3.8) is 0 Å². The number of ether oxygens (including phenoxy) is 1. The summed E-state index contributed by atoms with van der Waals surface area (Å²) in [4.78, 5) is 15.1. The summed E-state index contributed by atoms with van der Waals surface area (Å²) in [5, 5.41) is 6.85. The van der Waals surface area contributed by atoms with Gasteiger partial charge in [0.05, 0.1) is 6.54 Å². The second-order valence-electron chi connectivity index (χ2n) is 4.37. The lowest BCUT2D eigenvalue weighted by Crippen LogP contribution is -2.18. The highest BCUT2D eigenvalue weighted by Gasteiger charge is 2.14. The zero-order valence-electron chi connectivity index (χ0n) is 10.4. The Balaban J connectivity index is 1.61. The number of nitrogens with one attached hydrogen (secondary N) is 1. The van der Waals surface area contributed by atoms with Gasteiger partial charge in [-0.3, -0.25) is 4.79 Å². The predicted molar refractivity (Wildman–Crippen MR) is 68.9 cm³/mol. The highest BCUT2D eigenvalue weighted by Crippen LogP contribution is 2.26. The summed E-state index contributed by atoms with van der Waals surface area (Å²) in [6.07, 6.45) is 4.46. The van der Waals surface area contributed by atoms with Crippen LogP contribution in [0.3, 0.4) is 0 Å². The van der Waals surface area contributed by atoms with Crippen LogP contribution < -0.4 is 10.1 Å². The summed E-state index contributed by atoms with van der Waals surface area (Å²) in [6, 6.07) is 5.74. The van der Waals surface area contributed by atoms with Crippen LogP contribution in [-0.4, -0.2) is 27.3 Å². The highest BCUT2D eigenvalue weighted by molar-refractivity contribution is 5.93. The molecule has 0 aliphatic carbocycles. The Hall–Kier alpha value is -2.37. The molecule has 2 heterocycles. The fraction of sp³-hybridized carbons (Fsp3) is 0.308. The van der Waals surface area contributed by atoms with E-state index in [4.69, 9.17) is 4.74 Å². The van der Waals surface area contributed by atoms with Crippen LogP contribution in [0.2, 0.25) is 0 Å². The summed E-state index contributed by atoms with van der Waals surface area (Å²) in [7, 11) is 0. The number of benzene rings is 1. The minimum atomic E-state index is 0.0763. The summed E-state index contributed by atoms with van der Waals surface area (Å²) >= 11 is 0. The van der Waals surface area contributed by atoms with Crippen molar-refractivity contribution >= 4 is 11.6 Å². The Morgan fingerprint density at radius 3 is 3.16 bits per heavy atom. The molecule has 1 aliphatic rings. The summed E-state index contributed by atoms with van der Waals surface area (Å²) < 4.78 is 7.39. The molecule has 1 aliphatic heterocycles. The molecule has 0 saturated heterocycles. The van der Waals surface area contributed by atoms with Crippen LogP contribution in [0.1, 0.15) is 12.0 Å². The standard InChI is InChI=1S/C13H14N4O2/c18-13-4-1-10-7-11(2-3-12(10)16-13)19-6-5-17-9-14-8-15-17/h2-3,7-9H,1,4-6H2,(H,16,18). The number of hydrogen-bond acceptors (Lipinski definition) is 4. The van der Waals surface area contributed by atoms with Gasteiger partial charge in [-0.15, -0.1) is 0 Å². The van der Waals surface area contributed by atoms with E-state index in [9.17, 15) is 4.79 Å². The van der Waals surface area contributed by atoms with Crippen molar-refractivity contribution in [1.82, 2.24) is 14.8 Å². The number of aromatic nitrogens is 3. The van der Waals surface area contributed by atoms with E-state index in [1.165, 1.54) is 6.33 Å². The van der Waals surface area contributed by atoms with Crippen LogP contribution >= 0.6 is 0 Å². The minimum absolute atomic E-state index is 0.0763. The van der Waals surface area contributed by atoms with Gasteiger partial charge < -0.3 is 10.1 Å². The molecular formula is C13H14N4O2. The summed E-state index contributed by atoms with van der Waals surface area (Å²) in [6.45, 7) is 1.20. The maximum absolute atomic E-state index is 11.3. The van der Waals surface area contributed by atoms with Gasteiger partial charge in [-0.25, -0.2) is 9.67 Å². The fourth-order valence-electron chi connectivity index (χ4n) is 2.05. The van der Waals surface area contributed by atoms with Crippen molar-refractivity contribution < 1.29 is 9.53 Å². The topological polar surface area (TPSA) is 69.0 Å². The molecular weight excluding hydrogens is 244 g/mol. The number of nitrogens with zero attached hydrogens (tertiary/aromatic N) is 3. The molecule has 0 saturated carbocycles. The van der Waals surface area contributed by atoms with Gasteiger partial charge in [-0.1, -0.05) is 0 Å². The number of anilines is 1. The third kappa shape index (κ3) is 2.73. The Labute approximate surface area is 110 Å². The number of carbonyl (C=O) groups is 1. The minimum Gasteiger partial charge on any atom is -0.492 e. The molecule has 0 atom stereocenters. The number of amides is 1. The van der Waals surface area contributed by atoms with E-state index >= 15 is 0 Å². The van der Waals surface area contributed by atoms with Gasteiger partial charge in [0, 0.05) is 12.1 Å². The molecule has 1 amide bonds. The molecule has 0 fully saturated rings. The predicted octanol–water partition coefficient (Wildman–Crippen LogP) is 1.24. The molecule has 0 radical (unpaired) electrons. The molecule has 1 N–H and O–H groups in total. The smallest absolute Gasteiger partial charge is 0.224 e. The molecule has 19 heavy (non-hydrogen) atoms. The number of aryl methyl sites for hydroxylation is 1. The van der Waals surface area contributed by atoms with E-state index in [2.05, 4.69) is 15.4 Å². The lowest BCUT2D eigenvalue weighted by molar-refractivity contribution is -0.116. The van der Waals surface area contributed by atoms with E-state index in [1.807, 2.05) is 18.2 Å². The Morgan fingerprint density at radius 1 is 1.37 bits per heavy atom. The molecule has 0 unspecified atom stereocenters. The van der Waals surface area contributed by atoms with Crippen LogP contribution in [0.15, 0.2) is 30.9 Å². The summed E-state index contributed by atoms with van der Waals surface area (Å²) in [5.41, 5.74) is 2.01. The van der Waals surface area contributed by atoms with Crippen LogP contribution in [0.25, 0.3) is 0 Å². The average Bonchev–Trinajstić information content (AvgIpc) is 2.92. The van der Waals surface area contributed by atoms with Gasteiger partial charge in [0.15, 0.2) is 0 Å². The van der Waals surface area contributed by atoms with E-state index < -0.39 is 0 Å². The first kappa shape index (κ1) is 11.7. The first-order chi connectivity index (χ1) is 9.31. The summed E-state index contributed by atoms with van der Waals surface area (Å²) in [5.74, 6) is 0.891. The zero-order valence-corrected chi connectivity index (χ0v) is 10.4. The van der Waals surface area contributed by atoms with Gasteiger partial charge >= 0.3 is 0 Å². The molecule has 3 rings (SSSR count). The van der Waals surface area contributed by atoms with Crippen LogP contribution in [0.5, 0.6) is 5.75 Å². The van der Waals surface area contributed by atoms with Crippen molar-refractivity contribution in [3.05, 3.63) is 36.4 Å². The van der Waals surface area contributed by atoms with Crippen molar-refractivity contribution in [1.29, 1.82) is 0 Å². The molecule has 1 aromatic carbocycles. The first-order valence-electron chi connectivity index (χ1n) is 6.19. The SMILES string of the molecule is O=C1CCc2cc(OCCn3cncn3)ccc2N1. The second-order valence-corrected chi connectivity index (χ2v) is 4.37. The van der Waals surface area contributed by atoms with Crippen LogP contribution in [0.4, 0.5) is 5.69 Å². The molecule has 0 spiro atoms. The van der Waals surface area contributed by atoms with E-state index in [-0.39, 0.29) is 5.91 Å². The largest absolute Gasteiger partial charge is 0.492 e. The molecule has 0 bridgehead atoms. The molecule has 1 aromatic heterocycles. The van der Waals surface area contributed by atoms with Gasteiger partial charge in [0.25, 0.3) is 0 Å². The first-order valence-corrected chi connectivity index (χ1v) is 6.19. The number of hydrogen-bond donors (Lipinski definition) is 1. The Bertz CT molecular complexity index is 580. The third-order valence-electron chi connectivity index (χ3n) is 3.03. The normalized spacial score (nSPS) is 13.8. The van der Waals surface area contributed by atoms with Gasteiger partial charge in [0.2, 0.25) is 5.91 Å². The van der Waals surface area contributed by atoms with Crippen molar-refractivity contribution in [2.75, 3.05) is 11.9 Å². The van der Waals surface area contributed by atoms with Crippen molar-refractivity contribution in [2.45, 2.75) is 19.4 Å². The van der Waals surface area contributed by atoms with E-state index in [1.54, 1.807) is 11.0 Å². The molecule has 6 heteroatoms.